The van der Waals surface area contributed by atoms with Crippen LogP contribution in [0.25, 0.3) is 0 Å². The number of carbonyl (C=O) groups is 1. The van der Waals surface area contributed by atoms with Crippen molar-refractivity contribution in [3.63, 3.8) is 0 Å². The van der Waals surface area contributed by atoms with E-state index in [2.05, 4.69) is 24.3 Å². The van der Waals surface area contributed by atoms with Crippen molar-refractivity contribution in [3.8, 4) is 11.5 Å². The van der Waals surface area contributed by atoms with Gasteiger partial charge in [0.25, 0.3) is 5.91 Å². The molecular formula is C22H25ClN2O4. The van der Waals surface area contributed by atoms with Crippen LogP contribution in [0.4, 0.5) is 5.69 Å². The fraction of sp³-hybridized carbons (Fsp3) is 0.409. The van der Waals surface area contributed by atoms with E-state index < -0.39 is 0 Å². The molecule has 2 aliphatic rings. The van der Waals surface area contributed by atoms with Crippen LogP contribution in [0.5, 0.6) is 11.5 Å². The van der Waals surface area contributed by atoms with E-state index in [1.807, 2.05) is 23.9 Å². The Bertz CT molecular complexity index is 879. The number of rotatable bonds is 6. The van der Waals surface area contributed by atoms with Crippen LogP contribution in [0.3, 0.4) is 0 Å². The Hall–Kier alpha value is -2.44. The molecule has 0 radical (unpaired) electrons. The van der Waals surface area contributed by atoms with Crippen molar-refractivity contribution in [3.05, 3.63) is 52.5 Å². The summed E-state index contributed by atoms with van der Waals surface area (Å²) in [5.41, 5.74) is 2.67. The second kappa shape index (κ2) is 8.51. The second-order valence-electron chi connectivity index (χ2n) is 7.57. The molecule has 29 heavy (non-hydrogen) atoms. The highest BCUT2D eigenvalue weighted by Crippen LogP contribution is 2.40. The van der Waals surface area contributed by atoms with Gasteiger partial charge in [-0.2, -0.15) is 0 Å². The first-order valence-electron chi connectivity index (χ1n) is 9.77. The van der Waals surface area contributed by atoms with Gasteiger partial charge in [-0.05, 0) is 42.7 Å². The van der Waals surface area contributed by atoms with Crippen molar-refractivity contribution < 1.29 is 19.0 Å². The standard InChI is InChI=1S/C22H25ClN2O4/c1-24(2)17-7-5-15(6-8-17)12-25(13-18-4-3-9-27-18)22(26)16-10-19(23)21-20(11-16)28-14-29-21/h5-8,10-11,18H,3-4,9,12-14H2,1-2H3. The van der Waals surface area contributed by atoms with Crippen LogP contribution in [0.15, 0.2) is 36.4 Å². The maximum absolute atomic E-state index is 13.4. The lowest BCUT2D eigenvalue weighted by Crippen LogP contribution is -2.37. The molecule has 0 N–H and O–H groups in total. The van der Waals surface area contributed by atoms with E-state index in [0.29, 0.717) is 35.2 Å². The Morgan fingerprint density at radius 3 is 2.66 bits per heavy atom. The highest BCUT2D eigenvalue weighted by atomic mass is 35.5. The number of ether oxygens (including phenoxy) is 3. The predicted octanol–water partition coefficient (Wildman–Crippen LogP) is 3.96. The van der Waals surface area contributed by atoms with Gasteiger partial charge in [0.15, 0.2) is 11.5 Å². The Kier molecular flexibility index (Phi) is 5.83. The summed E-state index contributed by atoms with van der Waals surface area (Å²) in [5.74, 6) is 0.902. The molecule has 1 amide bonds. The highest BCUT2D eigenvalue weighted by molar-refractivity contribution is 6.32. The Morgan fingerprint density at radius 1 is 1.17 bits per heavy atom. The molecule has 1 fully saturated rings. The molecule has 0 aliphatic carbocycles. The van der Waals surface area contributed by atoms with Crippen LogP contribution in [-0.2, 0) is 11.3 Å². The topological polar surface area (TPSA) is 51.2 Å². The molecule has 0 aromatic heterocycles. The normalized spacial score (nSPS) is 17.4. The van der Waals surface area contributed by atoms with E-state index >= 15 is 0 Å². The molecule has 7 heteroatoms. The molecule has 0 spiro atoms. The quantitative estimate of drug-likeness (QED) is 0.713. The summed E-state index contributed by atoms with van der Waals surface area (Å²) in [6.07, 6.45) is 2.05. The fourth-order valence-corrected chi connectivity index (χ4v) is 3.91. The second-order valence-corrected chi connectivity index (χ2v) is 7.98. The van der Waals surface area contributed by atoms with Crippen LogP contribution in [0.1, 0.15) is 28.8 Å². The van der Waals surface area contributed by atoms with E-state index in [-0.39, 0.29) is 18.8 Å². The van der Waals surface area contributed by atoms with Crippen molar-refractivity contribution in [2.75, 3.05) is 38.9 Å². The minimum atomic E-state index is -0.0996. The zero-order chi connectivity index (χ0) is 20.4. The number of hydrogen-bond acceptors (Lipinski definition) is 5. The monoisotopic (exact) mass is 416 g/mol. The molecule has 6 nitrogen and oxygen atoms in total. The Morgan fingerprint density at radius 2 is 1.97 bits per heavy atom. The van der Waals surface area contributed by atoms with Crippen LogP contribution in [0, 0.1) is 0 Å². The molecule has 1 atom stereocenters. The van der Waals surface area contributed by atoms with Gasteiger partial charge < -0.3 is 24.0 Å². The van der Waals surface area contributed by atoms with Gasteiger partial charge in [-0.25, -0.2) is 0 Å². The summed E-state index contributed by atoms with van der Waals surface area (Å²) >= 11 is 6.30. The Labute approximate surface area is 175 Å². The number of amides is 1. The third kappa shape index (κ3) is 4.43. The molecule has 4 rings (SSSR count). The number of hydrogen-bond donors (Lipinski definition) is 0. The third-order valence-electron chi connectivity index (χ3n) is 5.24. The molecule has 2 aliphatic heterocycles. The van der Waals surface area contributed by atoms with Gasteiger partial charge >= 0.3 is 0 Å². The lowest BCUT2D eigenvalue weighted by atomic mass is 10.1. The largest absolute Gasteiger partial charge is 0.454 e. The van der Waals surface area contributed by atoms with Crippen LogP contribution in [-0.4, -0.2) is 51.0 Å². The summed E-state index contributed by atoms with van der Waals surface area (Å²) < 4.78 is 16.6. The van der Waals surface area contributed by atoms with Crippen molar-refractivity contribution in [1.82, 2.24) is 4.90 Å². The average molecular weight is 417 g/mol. The van der Waals surface area contributed by atoms with Gasteiger partial charge in [0, 0.05) is 45.0 Å². The van der Waals surface area contributed by atoms with Gasteiger partial charge in [0.05, 0.1) is 11.1 Å². The van der Waals surface area contributed by atoms with Gasteiger partial charge in [0.2, 0.25) is 6.79 Å². The number of benzene rings is 2. The highest BCUT2D eigenvalue weighted by Gasteiger charge is 2.26. The van der Waals surface area contributed by atoms with Crippen molar-refractivity contribution in [1.29, 1.82) is 0 Å². The first-order chi connectivity index (χ1) is 14.0. The van der Waals surface area contributed by atoms with E-state index in [1.165, 1.54) is 0 Å². The third-order valence-corrected chi connectivity index (χ3v) is 5.52. The zero-order valence-corrected chi connectivity index (χ0v) is 17.4. The molecule has 0 saturated carbocycles. The summed E-state index contributed by atoms with van der Waals surface area (Å²) in [6, 6.07) is 11.6. The van der Waals surface area contributed by atoms with Gasteiger partial charge in [-0.15, -0.1) is 0 Å². The molecule has 0 bridgehead atoms. The number of fused-ring (bicyclic) bond motifs is 1. The van der Waals surface area contributed by atoms with Crippen molar-refractivity contribution in [2.24, 2.45) is 0 Å². The number of carbonyl (C=O) groups excluding carboxylic acids is 1. The first-order valence-corrected chi connectivity index (χ1v) is 10.2. The van der Waals surface area contributed by atoms with E-state index in [9.17, 15) is 4.79 Å². The Balaban J connectivity index is 1.57. The molecule has 2 aromatic carbocycles. The summed E-state index contributed by atoms with van der Waals surface area (Å²) in [4.78, 5) is 17.2. The minimum Gasteiger partial charge on any atom is -0.454 e. The predicted molar refractivity (Wildman–Crippen MR) is 112 cm³/mol. The lowest BCUT2D eigenvalue weighted by molar-refractivity contribution is 0.0507. The maximum atomic E-state index is 13.4. The summed E-state index contributed by atoms with van der Waals surface area (Å²) in [5, 5.41) is 0.385. The van der Waals surface area contributed by atoms with Gasteiger partial charge in [-0.3, -0.25) is 4.79 Å². The maximum Gasteiger partial charge on any atom is 0.254 e. The van der Waals surface area contributed by atoms with E-state index in [1.54, 1.807) is 12.1 Å². The van der Waals surface area contributed by atoms with Crippen LogP contribution < -0.4 is 14.4 Å². The van der Waals surface area contributed by atoms with Crippen LogP contribution >= 0.6 is 11.6 Å². The zero-order valence-electron chi connectivity index (χ0n) is 16.7. The molecular weight excluding hydrogens is 392 g/mol. The molecule has 154 valence electrons. The number of halogens is 1. The molecule has 2 heterocycles. The minimum absolute atomic E-state index is 0.0597. The molecule has 2 aromatic rings. The summed E-state index contributed by atoms with van der Waals surface area (Å²) in [6.45, 7) is 1.91. The van der Waals surface area contributed by atoms with Crippen LogP contribution in [0.2, 0.25) is 5.02 Å². The van der Waals surface area contributed by atoms with Crippen molar-refractivity contribution >= 4 is 23.2 Å². The number of nitrogens with zero attached hydrogens (tertiary/aromatic N) is 2. The first kappa shape index (κ1) is 19.9. The number of anilines is 1. The van der Waals surface area contributed by atoms with Crippen molar-refractivity contribution in [2.45, 2.75) is 25.5 Å². The average Bonchev–Trinajstić information content (AvgIpc) is 3.39. The molecule has 1 saturated heterocycles. The van der Waals surface area contributed by atoms with E-state index in [4.69, 9.17) is 25.8 Å². The van der Waals surface area contributed by atoms with E-state index in [0.717, 1.165) is 30.7 Å². The smallest absolute Gasteiger partial charge is 0.254 e. The van der Waals surface area contributed by atoms with Gasteiger partial charge in [0.1, 0.15) is 0 Å². The van der Waals surface area contributed by atoms with Gasteiger partial charge in [-0.1, -0.05) is 23.7 Å². The summed E-state index contributed by atoms with van der Waals surface area (Å²) in [7, 11) is 4.01. The molecule has 1 unspecified atom stereocenters. The fourth-order valence-electron chi connectivity index (χ4n) is 3.65. The lowest BCUT2D eigenvalue weighted by Gasteiger charge is -2.26. The SMILES string of the molecule is CN(C)c1ccc(CN(CC2CCCO2)C(=O)c2cc(Cl)c3c(c2)OCO3)cc1.